The maximum Gasteiger partial charge on any atom is 0.269 e. The fraction of sp³-hybridized carbons (Fsp3) is 0.261. The smallest absolute Gasteiger partial charge is 0.269 e. The molecule has 0 radical (unpaired) electrons. The molecule has 0 saturated heterocycles. The Balaban J connectivity index is 1.59. The van der Waals surface area contributed by atoms with Gasteiger partial charge in [0.1, 0.15) is 6.33 Å². The molecule has 3 aliphatic carbocycles. The summed E-state index contributed by atoms with van der Waals surface area (Å²) < 4.78 is 1.94. The number of primary amides is 1. The lowest BCUT2D eigenvalue weighted by Crippen LogP contribution is -2.55. The molecule has 3 fully saturated rings. The van der Waals surface area contributed by atoms with Gasteiger partial charge < -0.3 is 5.73 Å². The van der Waals surface area contributed by atoms with Crippen molar-refractivity contribution >= 4 is 23.2 Å². The number of hydrogen-bond acceptors (Lipinski definition) is 3. The highest BCUT2D eigenvalue weighted by atomic mass is 35.5. The van der Waals surface area contributed by atoms with Crippen molar-refractivity contribution < 1.29 is 4.79 Å². The molecule has 7 rings (SSSR count). The number of hydrogen-bond donors (Lipinski definition) is 1. The highest BCUT2D eigenvalue weighted by Gasteiger charge is 2.57. The molecule has 6 heteroatoms. The van der Waals surface area contributed by atoms with Crippen molar-refractivity contribution in [1.29, 1.82) is 0 Å². The zero-order valence-electron chi connectivity index (χ0n) is 15.7. The van der Waals surface area contributed by atoms with E-state index in [-0.39, 0.29) is 5.69 Å². The monoisotopic (exact) mass is 402 g/mol. The topological polar surface area (TPSA) is 73.3 Å². The summed E-state index contributed by atoms with van der Waals surface area (Å²) >= 11 is 6.55. The van der Waals surface area contributed by atoms with Crippen LogP contribution in [0.3, 0.4) is 0 Å². The molecule has 1 aliphatic heterocycles. The molecule has 2 heterocycles. The Bertz CT molecular complexity index is 1210. The first-order valence-corrected chi connectivity index (χ1v) is 10.2. The summed E-state index contributed by atoms with van der Waals surface area (Å²) in [5, 5.41) is 0.660. The minimum absolute atomic E-state index is 0.267. The van der Waals surface area contributed by atoms with Crippen LogP contribution in [-0.4, -0.2) is 21.2 Å². The number of carbonyl (C=O) groups is 1. The van der Waals surface area contributed by atoms with Gasteiger partial charge in [0, 0.05) is 16.1 Å². The van der Waals surface area contributed by atoms with E-state index in [2.05, 4.69) is 23.2 Å². The lowest BCUT2D eigenvalue weighted by Gasteiger charge is -2.62. The molecule has 0 atom stereocenters. The molecule has 1 aromatic heterocycles. The third-order valence-electron chi connectivity index (χ3n) is 6.78. The van der Waals surface area contributed by atoms with Crippen molar-refractivity contribution in [2.45, 2.75) is 31.2 Å². The van der Waals surface area contributed by atoms with Crippen molar-refractivity contribution in [3.8, 4) is 5.69 Å². The number of benzene rings is 2. The van der Waals surface area contributed by atoms with Crippen molar-refractivity contribution in [1.82, 2.24) is 9.55 Å². The first-order chi connectivity index (χ1) is 14.1. The maximum atomic E-state index is 11.9. The number of amides is 1. The van der Waals surface area contributed by atoms with Crippen molar-refractivity contribution in [3.63, 3.8) is 0 Å². The molecular formula is C23H19ClN4O. The van der Waals surface area contributed by atoms with E-state index in [4.69, 9.17) is 22.3 Å². The first-order valence-electron chi connectivity index (χ1n) is 9.86. The summed E-state index contributed by atoms with van der Waals surface area (Å²) in [5.41, 5.74) is 11.9. The Labute approximate surface area is 173 Å². The van der Waals surface area contributed by atoms with Crippen LogP contribution in [0.4, 0.5) is 0 Å². The zero-order valence-corrected chi connectivity index (χ0v) is 16.5. The van der Waals surface area contributed by atoms with E-state index in [0.29, 0.717) is 22.7 Å². The SMILES string of the molecule is NC(=O)c1ncn2c1CN=C(c1ccccc1Cl)c1cc(C34CC(C3)C4)ccc1-2. The van der Waals surface area contributed by atoms with E-state index in [9.17, 15) is 4.79 Å². The molecule has 2 bridgehead atoms. The van der Waals surface area contributed by atoms with Crippen LogP contribution in [0.1, 0.15) is 52.1 Å². The maximum absolute atomic E-state index is 11.9. The van der Waals surface area contributed by atoms with Gasteiger partial charge in [-0.1, -0.05) is 35.9 Å². The second-order valence-electron chi connectivity index (χ2n) is 8.41. The van der Waals surface area contributed by atoms with Crippen LogP contribution in [0.2, 0.25) is 5.02 Å². The predicted octanol–water partition coefficient (Wildman–Crippen LogP) is 4.03. The van der Waals surface area contributed by atoms with Crippen molar-refractivity contribution in [2.75, 3.05) is 0 Å². The number of aliphatic imine (C=N–C) groups is 1. The number of carbonyl (C=O) groups excluding carboxylic acids is 1. The molecule has 144 valence electrons. The molecule has 1 amide bonds. The number of rotatable bonds is 3. The average molecular weight is 403 g/mol. The van der Waals surface area contributed by atoms with Gasteiger partial charge in [-0.2, -0.15) is 0 Å². The third-order valence-corrected chi connectivity index (χ3v) is 7.11. The van der Waals surface area contributed by atoms with E-state index >= 15 is 0 Å². The van der Waals surface area contributed by atoms with Crippen LogP contribution >= 0.6 is 11.6 Å². The quantitative estimate of drug-likeness (QED) is 0.718. The fourth-order valence-electron chi connectivity index (χ4n) is 5.16. The van der Waals surface area contributed by atoms with Crippen LogP contribution in [0.5, 0.6) is 0 Å². The lowest BCUT2D eigenvalue weighted by atomic mass is 9.42. The molecule has 3 aromatic rings. The second-order valence-corrected chi connectivity index (χ2v) is 8.82. The highest BCUT2D eigenvalue weighted by Crippen LogP contribution is 2.65. The third kappa shape index (κ3) is 2.31. The van der Waals surface area contributed by atoms with E-state index in [1.807, 2.05) is 28.8 Å². The van der Waals surface area contributed by atoms with E-state index < -0.39 is 5.91 Å². The number of nitrogens with zero attached hydrogens (tertiary/aromatic N) is 3. The summed E-state index contributed by atoms with van der Waals surface area (Å²) in [5.74, 6) is 0.367. The highest BCUT2D eigenvalue weighted by molar-refractivity contribution is 6.35. The van der Waals surface area contributed by atoms with Crippen molar-refractivity contribution in [3.05, 3.63) is 81.9 Å². The van der Waals surface area contributed by atoms with Gasteiger partial charge in [0.25, 0.3) is 5.91 Å². The summed E-state index contributed by atoms with van der Waals surface area (Å²) in [6.07, 6.45) is 5.52. The van der Waals surface area contributed by atoms with Crippen LogP contribution in [0, 0.1) is 5.92 Å². The Morgan fingerprint density at radius 2 is 1.93 bits per heavy atom. The van der Waals surface area contributed by atoms with Crippen molar-refractivity contribution in [2.24, 2.45) is 16.6 Å². The summed E-state index contributed by atoms with van der Waals surface area (Å²) in [6, 6.07) is 14.4. The largest absolute Gasteiger partial charge is 0.364 e. The van der Waals surface area contributed by atoms with E-state index in [1.165, 1.54) is 24.8 Å². The standard InChI is InChI=1S/C23H19ClN4O/c24-17-4-2-1-3-15(17)20-16-7-14(23-8-13(9-23)10-23)5-6-18(16)28-12-27-21(22(25)29)19(28)11-26-20/h1-7,12-13H,8-11H2,(H2,25,29). The normalized spacial score (nSPS) is 23.8. The Morgan fingerprint density at radius 3 is 2.62 bits per heavy atom. The van der Waals surface area contributed by atoms with E-state index in [1.54, 1.807) is 6.33 Å². The number of halogens is 1. The predicted molar refractivity (Wildman–Crippen MR) is 112 cm³/mol. The van der Waals surface area contributed by atoms with Gasteiger partial charge in [-0.05, 0) is 54.4 Å². The van der Waals surface area contributed by atoms with Gasteiger partial charge in [0.2, 0.25) is 0 Å². The zero-order chi connectivity index (χ0) is 19.8. The van der Waals surface area contributed by atoms with Gasteiger partial charge in [0.05, 0.1) is 23.6 Å². The lowest BCUT2D eigenvalue weighted by molar-refractivity contribution is -0.0274. The molecule has 29 heavy (non-hydrogen) atoms. The summed E-state index contributed by atoms with van der Waals surface area (Å²) in [7, 11) is 0. The number of nitrogens with two attached hydrogens (primary N) is 1. The first kappa shape index (κ1) is 17.0. The average Bonchev–Trinajstić information content (AvgIpc) is 2.98. The van der Waals surface area contributed by atoms with Crippen LogP contribution in [-0.2, 0) is 12.0 Å². The Morgan fingerprint density at radius 1 is 1.14 bits per heavy atom. The molecule has 0 spiro atoms. The van der Waals surface area contributed by atoms with Gasteiger partial charge in [-0.15, -0.1) is 0 Å². The minimum Gasteiger partial charge on any atom is -0.364 e. The number of aromatic nitrogens is 2. The van der Waals surface area contributed by atoms with Crippen LogP contribution < -0.4 is 5.73 Å². The fourth-order valence-corrected chi connectivity index (χ4v) is 5.38. The second kappa shape index (κ2) is 5.80. The van der Waals surface area contributed by atoms with E-state index in [0.717, 1.165) is 28.4 Å². The molecule has 2 aromatic carbocycles. The molecule has 5 nitrogen and oxygen atoms in total. The molecule has 2 N–H and O–H groups in total. The van der Waals surface area contributed by atoms with Gasteiger partial charge >= 0.3 is 0 Å². The molecule has 0 unspecified atom stereocenters. The van der Waals surface area contributed by atoms with Gasteiger partial charge in [-0.25, -0.2) is 4.98 Å². The minimum atomic E-state index is -0.540. The van der Waals surface area contributed by atoms with Gasteiger partial charge in [0.15, 0.2) is 5.69 Å². The summed E-state index contributed by atoms with van der Waals surface area (Å²) in [4.78, 5) is 21.0. The number of imidazole rings is 1. The van der Waals surface area contributed by atoms with Crippen LogP contribution in [0.15, 0.2) is 53.8 Å². The number of fused-ring (bicyclic) bond motifs is 3. The van der Waals surface area contributed by atoms with Gasteiger partial charge in [-0.3, -0.25) is 14.4 Å². The molecular weight excluding hydrogens is 384 g/mol. The molecule has 4 aliphatic rings. The Kier molecular flexibility index (Phi) is 3.40. The Hall–Kier alpha value is -2.92. The van der Waals surface area contributed by atoms with Crippen LogP contribution in [0.25, 0.3) is 5.69 Å². The molecule has 3 saturated carbocycles. The summed E-state index contributed by atoms with van der Waals surface area (Å²) in [6.45, 7) is 0.316.